The van der Waals surface area contributed by atoms with Crippen molar-refractivity contribution in [2.45, 2.75) is 13.0 Å². The summed E-state index contributed by atoms with van der Waals surface area (Å²) in [5.41, 5.74) is 0.440. The third kappa shape index (κ3) is 4.46. The summed E-state index contributed by atoms with van der Waals surface area (Å²) in [7, 11) is 2.98. The molecule has 5 nitrogen and oxygen atoms in total. The molecule has 0 bridgehead atoms. The summed E-state index contributed by atoms with van der Waals surface area (Å²) in [4.78, 5) is 12.3. The monoisotopic (exact) mass is 369 g/mol. The van der Waals surface area contributed by atoms with Crippen LogP contribution in [-0.2, 0) is 4.79 Å². The maximum atomic E-state index is 12.3. The highest BCUT2D eigenvalue weighted by molar-refractivity contribution is 6.32. The Morgan fingerprint density at radius 3 is 2.25 bits per heavy atom. The molecular weight excluding hydrogens is 353 g/mol. The van der Waals surface area contributed by atoms with E-state index in [2.05, 4.69) is 5.32 Å². The van der Waals surface area contributed by atoms with Crippen molar-refractivity contribution >= 4 is 34.8 Å². The predicted molar refractivity (Wildman–Crippen MR) is 94.7 cm³/mol. The van der Waals surface area contributed by atoms with Gasteiger partial charge < -0.3 is 19.5 Å². The fourth-order valence-corrected chi connectivity index (χ4v) is 2.32. The number of halogens is 2. The second-order valence-corrected chi connectivity index (χ2v) is 5.73. The molecule has 1 amide bonds. The van der Waals surface area contributed by atoms with Crippen molar-refractivity contribution in [1.82, 2.24) is 0 Å². The van der Waals surface area contributed by atoms with E-state index < -0.39 is 6.10 Å². The molecule has 0 heterocycles. The highest BCUT2D eigenvalue weighted by Gasteiger charge is 2.18. The lowest BCUT2D eigenvalue weighted by atomic mass is 10.2. The molecule has 7 heteroatoms. The number of hydrogen-bond donors (Lipinski definition) is 1. The standard InChI is InChI=1S/C17H17Cl2NO4/c1-10(24-12-6-4-11(18)5-7-12)17(21)20-14-9-15(22-2)13(19)8-16(14)23-3/h4-10H,1-3H3,(H,20,21)/t10-/m1/s1. The molecule has 0 aromatic heterocycles. The maximum absolute atomic E-state index is 12.3. The van der Waals surface area contributed by atoms with Crippen LogP contribution in [-0.4, -0.2) is 26.2 Å². The Morgan fingerprint density at radius 1 is 1.04 bits per heavy atom. The zero-order chi connectivity index (χ0) is 17.7. The van der Waals surface area contributed by atoms with Gasteiger partial charge in [-0.05, 0) is 31.2 Å². The van der Waals surface area contributed by atoms with Gasteiger partial charge in [-0.15, -0.1) is 0 Å². The van der Waals surface area contributed by atoms with Crippen LogP contribution in [0, 0.1) is 0 Å². The van der Waals surface area contributed by atoms with Gasteiger partial charge in [0.25, 0.3) is 5.91 Å². The number of carbonyl (C=O) groups excluding carboxylic acids is 1. The van der Waals surface area contributed by atoms with Crippen molar-refractivity contribution in [2.75, 3.05) is 19.5 Å². The molecule has 0 saturated carbocycles. The molecule has 0 spiro atoms. The number of nitrogens with one attached hydrogen (secondary N) is 1. The van der Waals surface area contributed by atoms with Gasteiger partial charge in [-0.1, -0.05) is 23.2 Å². The van der Waals surface area contributed by atoms with E-state index in [0.717, 1.165) is 0 Å². The number of anilines is 1. The summed E-state index contributed by atoms with van der Waals surface area (Å²) in [6.45, 7) is 1.64. The molecule has 0 radical (unpaired) electrons. The van der Waals surface area contributed by atoms with Gasteiger partial charge >= 0.3 is 0 Å². The molecule has 0 unspecified atom stereocenters. The quantitative estimate of drug-likeness (QED) is 0.818. The highest BCUT2D eigenvalue weighted by atomic mass is 35.5. The minimum absolute atomic E-state index is 0.340. The second kappa shape index (κ2) is 8.13. The maximum Gasteiger partial charge on any atom is 0.265 e. The van der Waals surface area contributed by atoms with E-state index in [-0.39, 0.29) is 5.91 Å². The van der Waals surface area contributed by atoms with Gasteiger partial charge in [-0.25, -0.2) is 0 Å². The Hall–Kier alpha value is -2.11. The number of methoxy groups -OCH3 is 2. The van der Waals surface area contributed by atoms with Crippen LogP contribution in [0.3, 0.4) is 0 Å². The third-order valence-corrected chi connectivity index (χ3v) is 3.77. The van der Waals surface area contributed by atoms with E-state index in [9.17, 15) is 4.79 Å². The molecule has 0 aliphatic carbocycles. The molecule has 0 aliphatic rings. The summed E-state index contributed by atoms with van der Waals surface area (Å²) >= 11 is 11.9. The van der Waals surface area contributed by atoms with Gasteiger partial charge in [0.15, 0.2) is 6.10 Å². The van der Waals surface area contributed by atoms with Crippen molar-refractivity contribution in [3.8, 4) is 17.2 Å². The van der Waals surface area contributed by atoms with Crippen LogP contribution in [0.1, 0.15) is 6.92 Å². The average Bonchev–Trinajstić information content (AvgIpc) is 2.57. The lowest BCUT2D eigenvalue weighted by molar-refractivity contribution is -0.122. The molecular formula is C17H17Cl2NO4. The summed E-state index contributed by atoms with van der Waals surface area (Å²) in [5, 5.41) is 3.72. The highest BCUT2D eigenvalue weighted by Crippen LogP contribution is 2.36. The molecule has 1 atom stereocenters. The van der Waals surface area contributed by atoms with Crippen LogP contribution in [0.4, 0.5) is 5.69 Å². The molecule has 0 aliphatic heterocycles. The number of benzene rings is 2. The average molecular weight is 370 g/mol. The normalized spacial score (nSPS) is 11.5. The molecule has 0 saturated heterocycles. The first-order chi connectivity index (χ1) is 11.4. The summed E-state index contributed by atoms with van der Waals surface area (Å²) in [5.74, 6) is 1.06. The van der Waals surface area contributed by atoms with Crippen molar-refractivity contribution in [1.29, 1.82) is 0 Å². The largest absolute Gasteiger partial charge is 0.495 e. The lowest BCUT2D eigenvalue weighted by Crippen LogP contribution is -2.30. The number of carbonyl (C=O) groups is 1. The molecule has 128 valence electrons. The Balaban J connectivity index is 2.12. The van der Waals surface area contributed by atoms with Crippen LogP contribution in [0.15, 0.2) is 36.4 Å². The number of hydrogen-bond acceptors (Lipinski definition) is 4. The predicted octanol–water partition coefficient (Wildman–Crippen LogP) is 4.42. The van der Waals surface area contributed by atoms with Gasteiger partial charge in [0.05, 0.1) is 24.9 Å². The first-order valence-electron chi connectivity index (χ1n) is 7.09. The van der Waals surface area contributed by atoms with Crippen LogP contribution in [0.2, 0.25) is 10.0 Å². The van der Waals surface area contributed by atoms with Crippen molar-refractivity contribution < 1.29 is 19.0 Å². The molecule has 24 heavy (non-hydrogen) atoms. The fraction of sp³-hybridized carbons (Fsp3) is 0.235. The zero-order valence-electron chi connectivity index (χ0n) is 13.4. The van der Waals surface area contributed by atoms with E-state index in [4.69, 9.17) is 37.4 Å². The first kappa shape index (κ1) is 18.2. The van der Waals surface area contributed by atoms with E-state index in [1.54, 1.807) is 43.3 Å². The van der Waals surface area contributed by atoms with Crippen LogP contribution in [0.5, 0.6) is 17.2 Å². The van der Waals surface area contributed by atoms with Crippen molar-refractivity contribution in [3.05, 3.63) is 46.4 Å². The molecule has 2 rings (SSSR count). The third-order valence-electron chi connectivity index (χ3n) is 3.23. The molecule has 0 fully saturated rings. The van der Waals surface area contributed by atoms with Crippen molar-refractivity contribution in [2.24, 2.45) is 0 Å². The number of amides is 1. The van der Waals surface area contributed by atoms with Gasteiger partial charge in [-0.2, -0.15) is 0 Å². The van der Waals surface area contributed by atoms with Crippen LogP contribution in [0.25, 0.3) is 0 Å². The van der Waals surface area contributed by atoms with Crippen molar-refractivity contribution in [3.63, 3.8) is 0 Å². The topological polar surface area (TPSA) is 56.8 Å². The minimum atomic E-state index is -0.724. The molecule has 2 aromatic carbocycles. The summed E-state index contributed by atoms with van der Waals surface area (Å²) < 4.78 is 16.0. The smallest absolute Gasteiger partial charge is 0.265 e. The summed E-state index contributed by atoms with van der Waals surface area (Å²) in [6.07, 6.45) is -0.724. The summed E-state index contributed by atoms with van der Waals surface area (Å²) in [6, 6.07) is 9.92. The van der Waals surface area contributed by atoms with Gasteiger partial charge in [-0.3, -0.25) is 4.79 Å². The Labute approximate surface area is 150 Å². The van der Waals surface area contributed by atoms with E-state index >= 15 is 0 Å². The van der Waals surface area contributed by atoms with Crippen LogP contribution >= 0.6 is 23.2 Å². The van der Waals surface area contributed by atoms with Gasteiger partial charge in [0.1, 0.15) is 17.2 Å². The van der Waals surface area contributed by atoms with Gasteiger partial charge in [0.2, 0.25) is 0 Å². The number of rotatable bonds is 6. The lowest BCUT2D eigenvalue weighted by Gasteiger charge is -2.17. The first-order valence-corrected chi connectivity index (χ1v) is 7.84. The number of ether oxygens (including phenoxy) is 3. The Morgan fingerprint density at radius 2 is 1.67 bits per heavy atom. The zero-order valence-corrected chi connectivity index (χ0v) is 14.9. The second-order valence-electron chi connectivity index (χ2n) is 4.89. The van der Waals surface area contributed by atoms with E-state index in [1.165, 1.54) is 14.2 Å². The van der Waals surface area contributed by atoms with Crippen LogP contribution < -0.4 is 19.5 Å². The Kier molecular flexibility index (Phi) is 6.17. The van der Waals surface area contributed by atoms with Gasteiger partial charge in [0, 0.05) is 17.2 Å². The van der Waals surface area contributed by atoms with E-state index in [0.29, 0.717) is 33.0 Å². The SMILES string of the molecule is COc1cc(NC(=O)[C@@H](C)Oc2ccc(Cl)cc2)c(OC)cc1Cl. The Bertz CT molecular complexity index is 719. The molecule has 1 N–H and O–H groups in total. The minimum Gasteiger partial charge on any atom is -0.495 e. The molecule has 2 aromatic rings. The van der Waals surface area contributed by atoms with E-state index in [1.807, 2.05) is 0 Å². The fourth-order valence-electron chi connectivity index (χ4n) is 1.96.